The molecule has 4 aromatic carbocycles. The molecule has 0 aliphatic heterocycles. The summed E-state index contributed by atoms with van der Waals surface area (Å²) in [5.74, 6) is -1.38. The molecule has 2 unspecified atom stereocenters. The molecule has 57 heavy (non-hydrogen) atoms. The van der Waals surface area contributed by atoms with Crippen molar-refractivity contribution in [2.45, 2.75) is 83.2 Å². The molecule has 298 valence electrons. The average Bonchev–Trinajstić information content (AvgIpc) is 3.22. The molecule has 5 atom stereocenters. The van der Waals surface area contributed by atoms with Gasteiger partial charge in [-0.3, -0.25) is 19.4 Å². The van der Waals surface area contributed by atoms with E-state index in [1.54, 1.807) is 24.4 Å². The van der Waals surface area contributed by atoms with Gasteiger partial charge in [-0.1, -0.05) is 130 Å². The molecular weight excluding hydrogens is 719 g/mol. The first-order chi connectivity index (χ1) is 27.5. The summed E-state index contributed by atoms with van der Waals surface area (Å²) in [4.78, 5) is 59.1. The topological polar surface area (TPSA) is 159 Å². The second kappa shape index (κ2) is 21.3. The van der Waals surface area contributed by atoms with Gasteiger partial charge in [-0.15, -0.1) is 0 Å². The summed E-state index contributed by atoms with van der Waals surface area (Å²) in [5, 5.41) is 24.7. The van der Waals surface area contributed by atoms with Crippen molar-refractivity contribution >= 4 is 34.6 Å². The minimum Gasteiger partial charge on any atom is -0.445 e. The lowest BCUT2D eigenvalue weighted by atomic mass is 9.96. The number of pyridine rings is 1. The normalized spacial score (nSPS) is 13.8. The van der Waals surface area contributed by atoms with Crippen molar-refractivity contribution in [2.75, 3.05) is 6.54 Å². The zero-order valence-electron chi connectivity index (χ0n) is 32.8. The molecule has 0 bridgehead atoms. The van der Waals surface area contributed by atoms with E-state index in [1.807, 2.05) is 124 Å². The number of carbonyl (C=O) groups is 4. The third kappa shape index (κ3) is 13.3. The van der Waals surface area contributed by atoms with E-state index in [1.165, 1.54) is 0 Å². The van der Waals surface area contributed by atoms with Gasteiger partial charge in [0, 0.05) is 31.3 Å². The number of aliphatic hydroxyl groups is 1. The summed E-state index contributed by atoms with van der Waals surface area (Å²) in [6.45, 7) is 6.33. The summed E-state index contributed by atoms with van der Waals surface area (Å²) < 4.78 is 5.50. The number of rotatable bonds is 19. The van der Waals surface area contributed by atoms with Gasteiger partial charge in [0.15, 0.2) is 0 Å². The first kappa shape index (κ1) is 42.1. The van der Waals surface area contributed by atoms with E-state index in [0.717, 1.165) is 27.5 Å². The zero-order chi connectivity index (χ0) is 40.6. The molecule has 0 fully saturated rings. The molecule has 11 heteroatoms. The van der Waals surface area contributed by atoms with Crippen molar-refractivity contribution in [1.82, 2.24) is 26.3 Å². The first-order valence-corrected chi connectivity index (χ1v) is 19.5. The van der Waals surface area contributed by atoms with E-state index in [4.69, 9.17) is 4.74 Å². The number of fused-ring (bicyclic) bond motifs is 1. The lowest BCUT2D eigenvalue weighted by molar-refractivity contribution is -0.131. The monoisotopic (exact) mass is 771 g/mol. The molecule has 5 aromatic rings. The molecule has 1 heterocycles. The number of nitrogens with one attached hydrogen (secondary N) is 4. The predicted molar refractivity (Wildman–Crippen MR) is 221 cm³/mol. The van der Waals surface area contributed by atoms with E-state index >= 15 is 0 Å². The minimum atomic E-state index is -1.20. The summed E-state index contributed by atoms with van der Waals surface area (Å²) in [5.41, 5.74) is 3.24. The summed E-state index contributed by atoms with van der Waals surface area (Å²) in [7, 11) is 0. The highest BCUT2D eigenvalue weighted by molar-refractivity contribution is 5.93. The number of benzene rings is 4. The Bertz CT molecular complexity index is 2040. The van der Waals surface area contributed by atoms with Crippen molar-refractivity contribution in [3.63, 3.8) is 0 Å². The number of carbonyl (C=O) groups excluding carboxylic acids is 4. The smallest absolute Gasteiger partial charge is 0.408 e. The Labute approximate surface area is 334 Å². The van der Waals surface area contributed by atoms with Crippen molar-refractivity contribution in [3.8, 4) is 0 Å². The molecule has 11 nitrogen and oxygen atoms in total. The first-order valence-electron chi connectivity index (χ1n) is 19.5. The van der Waals surface area contributed by atoms with Crippen LogP contribution in [0.15, 0.2) is 128 Å². The summed E-state index contributed by atoms with van der Waals surface area (Å²) in [6, 6.07) is 34.8. The number of alkyl carbamates (subject to hydrolysis) is 1. The van der Waals surface area contributed by atoms with Crippen LogP contribution in [0.1, 0.15) is 61.9 Å². The van der Waals surface area contributed by atoms with Gasteiger partial charge in [-0.2, -0.15) is 0 Å². The molecule has 1 aromatic heterocycles. The Balaban J connectivity index is 1.33. The number of ether oxygens (including phenoxy) is 1. The highest BCUT2D eigenvalue weighted by atomic mass is 16.5. The van der Waals surface area contributed by atoms with Crippen LogP contribution >= 0.6 is 0 Å². The standard InChI is InChI=1S/C46H53N5O6/c1-31(2)25-39(42(52)28-43(53)48-29-32(3)34-17-8-5-9-18-34)49-45(55)41(27-37-22-12-13-24-47-37)50-44(54)40(51-46(56)57-30-33-15-6-4-7-16-33)26-36-21-14-20-35-19-10-11-23-38(35)36/h4-24,31-32,39-42,52H,25-30H2,1-3H3,(H,48,53)(H,49,55)(H,50,54)(H,51,56)/t32?,39-,40-,41?,42-/m0/s1. The van der Waals surface area contributed by atoms with Gasteiger partial charge < -0.3 is 31.1 Å². The third-order valence-electron chi connectivity index (χ3n) is 9.78. The predicted octanol–water partition coefficient (Wildman–Crippen LogP) is 6.00. The molecule has 0 saturated heterocycles. The number of aliphatic hydroxyl groups excluding tert-OH is 1. The van der Waals surface area contributed by atoms with Gasteiger partial charge in [-0.25, -0.2) is 4.79 Å². The van der Waals surface area contributed by atoms with Crippen molar-refractivity contribution < 1.29 is 29.0 Å². The highest BCUT2D eigenvalue weighted by Crippen LogP contribution is 2.21. The Morgan fingerprint density at radius 2 is 1.35 bits per heavy atom. The molecule has 0 aliphatic carbocycles. The van der Waals surface area contributed by atoms with Crippen LogP contribution in [0.25, 0.3) is 10.8 Å². The molecule has 5 rings (SSSR count). The van der Waals surface area contributed by atoms with Crippen LogP contribution in [0.4, 0.5) is 4.79 Å². The van der Waals surface area contributed by atoms with E-state index in [0.29, 0.717) is 18.7 Å². The molecule has 4 amide bonds. The van der Waals surface area contributed by atoms with E-state index in [-0.39, 0.29) is 43.6 Å². The van der Waals surface area contributed by atoms with Crippen LogP contribution in [0.3, 0.4) is 0 Å². The second-order valence-electron chi connectivity index (χ2n) is 14.8. The Kier molecular flexibility index (Phi) is 15.7. The van der Waals surface area contributed by atoms with E-state index in [2.05, 4.69) is 26.3 Å². The second-order valence-corrected chi connectivity index (χ2v) is 14.8. The van der Waals surface area contributed by atoms with Crippen molar-refractivity contribution in [1.29, 1.82) is 0 Å². The van der Waals surface area contributed by atoms with Gasteiger partial charge in [-0.05, 0) is 57.9 Å². The fourth-order valence-corrected chi connectivity index (χ4v) is 6.69. The molecule has 0 spiro atoms. The fraction of sp³-hybridized carbons (Fsp3) is 0.326. The Hall–Kier alpha value is -6.07. The molecule has 0 radical (unpaired) electrons. The van der Waals surface area contributed by atoms with Gasteiger partial charge in [0.25, 0.3) is 0 Å². The van der Waals surface area contributed by atoms with Crippen LogP contribution in [0.2, 0.25) is 0 Å². The Morgan fingerprint density at radius 3 is 2.07 bits per heavy atom. The van der Waals surface area contributed by atoms with Gasteiger partial charge in [0.05, 0.1) is 18.6 Å². The van der Waals surface area contributed by atoms with Crippen molar-refractivity contribution in [2.24, 2.45) is 5.92 Å². The van der Waals surface area contributed by atoms with Crippen LogP contribution in [-0.4, -0.2) is 64.7 Å². The number of nitrogens with zero attached hydrogens (tertiary/aromatic N) is 1. The minimum absolute atomic E-state index is 0.00360. The van der Waals surface area contributed by atoms with Crippen LogP contribution < -0.4 is 21.3 Å². The Morgan fingerprint density at radius 1 is 0.702 bits per heavy atom. The third-order valence-corrected chi connectivity index (χ3v) is 9.78. The summed E-state index contributed by atoms with van der Waals surface area (Å²) in [6.07, 6.45) is -0.0980. The number of hydrogen-bond donors (Lipinski definition) is 5. The van der Waals surface area contributed by atoms with Gasteiger partial charge >= 0.3 is 6.09 Å². The zero-order valence-corrected chi connectivity index (χ0v) is 32.8. The highest BCUT2D eigenvalue weighted by Gasteiger charge is 2.32. The van der Waals surface area contributed by atoms with Crippen LogP contribution in [0, 0.1) is 5.92 Å². The molecule has 5 N–H and O–H groups in total. The van der Waals surface area contributed by atoms with Crippen LogP contribution in [0.5, 0.6) is 0 Å². The fourth-order valence-electron chi connectivity index (χ4n) is 6.69. The van der Waals surface area contributed by atoms with Crippen molar-refractivity contribution in [3.05, 3.63) is 150 Å². The number of aromatic nitrogens is 1. The van der Waals surface area contributed by atoms with Gasteiger partial charge in [0.2, 0.25) is 17.7 Å². The van der Waals surface area contributed by atoms with Crippen LogP contribution in [-0.2, 0) is 38.6 Å². The largest absolute Gasteiger partial charge is 0.445 e. The average molecular weight is 772 g/mol. The lowest BCUT2D eigenvalue weighted by Crippen LogP contribution is -2.57. The number of amides is 4. The molecule has 0 saturated carbocycles. The van der Waals surface area contributed by atoms with E-state index in [9.17, 15) is 24.3 Å². The number of hydrogen-bond acceptors (Lipinski definition) is 7. The maximum absolute atomic E-state index is 14.3. The molecular formula is C46H53N5O6. The molecule has 0 aliphatic rings. The van der Waals surface area contributed by atoms with Gasteiger partial charge in [0.1, 0.15) is 18.7 Å². The summed E-state index contributed by atoms with van der Waals surface area (Å²) >= 11 is 0. The lowest BCUT2D eigenvalue weighted by Gasteiger charge is -2.29. The quantitative estimate of drug-likeness (QED) is 0.0689. The maximum atomic E-state index is 14.3. The SMILES string of the molecule is CC(C)C[C@H](NC(=O)C(Cc1ccccn1)NC(=O)[C@H](Cc1cccc2ccccc12)NC(=O)OCc1ccccc1)[C@@H](O)CC(=O)NCC(C)c1ccccc1. The maximum Gasteiger partial charge on any atom is 0.408 e. The van der Waals surface area contributed by atoms with E-state index < -0.39 is 42.1 Å².